The van der Waals surface area contributed by atoms with Gasteiger partial charge in [-0.05, 0) is 86.9 Å². The second-order valence-corrected chi connectivity index (χ2v) is 12.9. The molecule has 0 amide bonds. The summed E-state index contributed by atoms with van der Waals surface area (Å²) in [5, 5.41) is 5.84. The standard InChI is InChI=1S/C35H38F2N4/c1-24-8-4-5-13-31(24)41(23-34-20-35(37,21-34)22-34)25(2)26-14-16-40(17-15-26)19-28-10-7-12-30-32(38-39(3)33(28)30)27-9-6-11-29(36)18-27/h4-13,18,26H,2,14-17,19-23H2,1,3H3. The molecule has 0 atom stereocenters. The van der Waals surface area contributed by atoms with Gasteiger partial charge in [-0.2, -0.15) is 5.10 Å². The Hall–Kier alpha value is -3.51. The molecule has 6 heteroatoms. The smallest absolute Gasteiger partial charge is 0.123 e. The number of halogens is 2. The number of benzene rings is 3. The normalized spacial score (nSPS) is 24.2. The quantitative estimate of drug-likeness (QED) is 0.223. The maximum Gasteiger partial charge on any atom is 0.123 e. The summed E-state index contributed by atoms with van der Waals surface area (Å²) in [6, 6.07) is 21.6. The number of alkyl halides is 1. The molecule has 1 saturated heterocycles. The molecule has 212 valence electrons. The van der Waals surface area contributed by atoms with E-state index in [1.54, 1.807) is 12.1 Å². The van der Waals surface area contributed by atoms with Crippen LogP contribution in [0.25, 0.3) is 22.2 Å². The third-order valence-corrected chi connectivity index (χ3v) is 9.82. The fourth-order valence-corrected chi connectivity index (χ4v) is 7.85. The topological polar surface area (TPSA) is 24.3 Å². The molecule has 41 heavy (non-hydrogen) atoms. The number of fused-ring (bicyclic) bond motifs is 1. The zero-order valence-corrected chi connectivity index (χ0v) is 24.0. The number of hydrogen-bond acceptors (Lipinski definition) is 3. The van der Waals surface area contributed by atoms with E-state index in [9.17, 15) is 8.78 Å². The van der Waals surface area contributed by atoms with E-state index in [0.717, 1.165) is 61.2 Å². The van der Waals surface area contributed by atoms with Crippen molar-refractivity contribution in [2.24, 2.45) is 18.4 Å². The Kier molecular flexibility index (Phi) is 6.31. The first-order chi connectivity index (χ1) is 19.7. The molecule has 1 aliphatic heterocycles. The first kappa shape index (κ1) is 26.4. The number of hydrogen-bond donors (Lipinski definition) is 0. The highest BCUT2D eigenvalue weighted by atomic mass is 19.1. The lowest BCUT2D eigenvalue weighted by Crippen LogP contribution is -2.68. The highest BCUT2D eigenvalue weighted by Gasteiger charge is 2.69. The fraction of sp³-hybridized carbons (Fsp3) is 0.400. The second kappa shape index (κ2) is 9.80. The van der Waals surface area contributed by atoms with Gasteiger partial charge in [0.1, 0.15) is 17.2 Å². The number of likely N-dealkylation sites (tertiary alicyclic amines) is 1. The van der Waals surface area contributed by atoms with Crippen molar-refractivity contribution in [3.63, 3.8) is 0 Å². The maximum atomic E-state index is 14.4. The zero-order chi connectivity index (χ0) is 28.4. The Labute approximate surface area is 241 Å². The van der Waals surface area contributed by atoms with Crippen molar-refractivity contribution in [3.05, 3.63) is 96.0 Å². The van der Waals surface area contributed by atoms with Crippen LogP contribution >= 0.6 is 0 Å². The van der Waals surface area contributed by atoms with E-state index in [0.29, 0.717) is 25.2 Å². The van der Waals surface area contributed by atoms with Crippen molar-refractivity contribution in [2.75, 3.05) is 24.5 Å². The van der Waals surface area contributed by atoms with Crippen LogP contribution in [0.5, 0.6) is 0 Å². The average molecular weight is 553 g/mol. The van der Waals surface area contributed by atoms with Crippen LogP contribution in [0.4, 0.5) is 14.5 Å². The Balaban J connectivity index is 1.06. The monoisotopic (exact) mass is 552 g/mol. The molecule has 4 nitrogen and oxygen atoms in total. The average Bonchev–Trinajstić information content (AvgIpc) is 3.28. The number of allylic oxidation sites excluding steroid dienone is 1. The molecule has 3 saturated carbocycles. The number of aryl methyl sites for hydroxylation is 2. The van der Waals surface area contributed by atoms with Crippen LogP contribution < -0.4 is 4.90 Å². The summed E-state index contributed by atoms with van der Waals surface area (Å²) in [4.78, 5) is 4.96. The molecule has 8 rings (SSSR count). The molecule has 0 unspecified atom stereocenters. The molecule has 4 aliphatic rings. The highest BCUT2D eigenvalue weighted by Crippen LogP contribution is 2.70. The molecule has 0 N–H and O–H groups in total. The minimum Gasteiger partial charge on any atom is -0.345 e. The van der Waals surface area contributed by atoms with E-state index < -0.39 is 5.67 Å². The summed E-state index contributed by atoms with van der Waals surface area (Å²) in [6.45, 7) is 10.5. The second-order valence-electron chi connectivity index (χ2n) is 12.9. The number of aromatic nitrogens is 2. The van der Waals surface area contributed by atoms with Crippen molar-refractivity contribution < 1.29 is 8.78 Å². The van der Waals surface area contributed by atoms with Gasteiger partial charge < -0.3 is 4.90 Å². The van der Waals surface area contributed by atoms with Crippen LogP contribution in [0.15, 0.2) is 79.0 Å². The SMILES string of the molecule is C=C(C1CCN(Cc2cccc3c(-c4cccc(F)c4)nn(C)c23)CC1)N(CC12CC(F)(C1)C2)c1ccccc1C. The summed E-state index contributed by atoms with van der Waals surface area (Å²) in [5.74, 6) is 0.156. The molecule has 4 aromatic rings. The van der Waals surface area contributed by atoms with E-state index in [-0.39, 0.29) is 11.2 Å². The first-order valence-corrected chi connectivity index (χ1v) is 14.9. The summed E-state index contributed by atoms with van der Waals surface area (Å²) in [5.41, 5.74) is 6.83. The van der Waals surface area contributed by atoms with Crippen molar-refractivity contribution in [1.82, 2.24) is 14.7 Å². The molecule has 3 aliphatic carbocycles. The van der Waals surface area contributed by atoms with Gasteiger partial charge in [-0.15, -0.1) is 0 Å². The minimum atomic E-state index is -0.890. The Morgan fingerprint density at radius 2 is 1.76 bits per heavy atom. The molecular weight excluding hydrogens is 514 g/mol. The zero-order valence-electron chi connectivity index (χ0n) is 24.0. The van der Waals surface area contributed by atoms with Crippen molar-refractivity contribution in [3.8, 4) is 11.3 Å². The van der Waals surface area contributed by atoms with E-state index in [2.05, 4.69) is 65.8 Å². The number of anilines is 1. The Morgan fingerprint density at radius 1 is 1.02 bits per heavy atom. The lowest BCUT2D eigenvalue weighted by molar-refractivity contribution is -0.206. The Bertz CT molecular complexity index is 1610. The van der Waals surface area contributed by atoms with Gasteiger partial charge in [-0.25, -0.2) is 8.78 Å². The summed E-state index contributed by atoms with van der Waals surface area (Å²) >= 11 is 0. The number of piperidine rings is 1. The van der Waals surface area contributed by atoms with Gasteiger partial charge in [0, 0.05) is 48.4 Å². The summed E-state index contributed by atoms with van der Waals surface area (Å²) in [6.07, 6.45) is 4.21. The van der Waals surface area contributed by atoms with Gasteiger partial charge in [0.25, 0.3) is 0 Å². The lowest BCUT2D eigenvalue weighted by Gasteiger charge is -2.67. The maximum absolute atomic E-state index is 14.4. The van der Waals surface area contributed by atoms with Crippen molar-refractivity contribution in [2.45, 2.75) is 51.2 Å². The predicted molar refractivity (Wildman–Crippen MR) is 162 cm³/mol. The van der Waals surface area contributed by atoms with Crippen molar-refractivity contribution >= 4 is 16.6 Å². The molecule has 2 heterocycles. The van der Waals surface area contributed by atoms with Crippen LogP contribution in [-0.4, -0.2) is 40.0 Å². The lowest BCUT2D eigenvalue weighted by atomic mass is 9.42. The number of nitrogens with zero attached hydrogens (tertiary/aromatic N) is 4. The van der Waals surface area contributed by atoms with Crippen LogP contribution in [0.1, 0.15) is 43.2 Å². The van der Waals surface area contributed by atoms with Gasteiger partial charge in [0.2, 0.25) is 0 Å². The highest BCUT2D eigenvalue weighted by molar-refractivity contribution is 5.95. The third kappa shape index (κ3) is 4.66. The van der Waals surface area contributed by atoms with E-state index in [4.69, 9.17) is 5.10 Å². The number of rotatable bonds is 8. The van der Waals surface area contributed by atoms with Crippen molar-refractivity contribution in [1.29, 1.82) is 0 Å². The largest absolute Gasteiger partial charge is 0.345 e. The van der Waals surface area contributed by atoms with E-state index in [1.165, 1.54) is 28.6 Å². The summed E-state index contributed by atoms with van der Waals surface area (Å²) in [7, 11) is 1.97. The van der Waals surface area contributed by atoms with Gasteiger partial charge in [0.05, 0.1) is 5.52 Å². The Morgan fingerprint density at radius 3 is 2.46 bits per heavy atom. The van der Waals surface area contributed by atoms with Crippen LogP contribution in [0, 0.1) is 24.1 Å². The van der Waals surface area contributed by atoms with Crippen LogP contribution in [0.3, 0.4) is 0 Å². The molecule has 0 spiro atoms. The number of para-hydroxylation sites is 2. The molecule has 1 aromatic heterocycles. The van der Waals surface area contributed by atoms with Crippen LogP contribution in [-0.2, 0) is 13.6 Å². The fourth-order valence-electron chi connectivity index (χ4n) is 7.85. The molecular formula is C35H38F2N4. The summed E-state index contributed by atoms with van der Waals surface area (Å²) < 4.78 is 30.3. The van der Waals surface area contributed by atoms with E-state index in [1.807, 2.05) is 17.8 Å². The molecule has 3 aromatic carbocycles. The molecule has 0 radical (unpaired) electrons. The van der Waals surface area contributed by atoms with Gasteiger partial charge >= 0.3 is 0 Å². The molecule has 4 fully saturated rings. The first-order valence-electron chi connectivity index (χ1n) is 14.9. The van der Waals surface area contributed by atoms with Gasteiger partial charge in [-0.3, -0.25) is 9.58 Å². The van der Waals surface area contributed by atoms with E-state index >= 15 is 0 Å². The van der Waals surface area contributed by atoms with Crippen LogP contribution in [0.2, 0.25) is 0 Å². The predicted octanol–water partition coefficient (Wildman–Crippen LogP) is 7.81. The third-order valence-electron chi connectivity index (χ3n) is 9.82. The van der Waals surface area contributed by atoms with Gasteiger partial charge in [0.15, 0.2) is 0 Å². The minimum absolute atomic E-state index is 0.118. The van der Waals surface area contributed by atoms with Gasteiger partial charge in [-0.1, -0.05) is 55.1 Å². The molecule has 2 bridgehead atoms.